The van der Waals surface area contributed by atoms with Gasteiger partial charge in [0.15, 0.2) is 5.82 Å². The zero-order valence-electron chi connectivity index (χ0n) is 14.8. The molecule has 0 saturated carbocycles. The van der Waals surface area contributed by atoms with Gasteiger partial charge in [-0.1, -0.05) is 37.2 Å². The average molecular weight is 351 g/mol. The number of nitrogens with zero attached hydrogens (tertiary/aromatic N) is 2. The van der Waals surface area contributed by atoms with Crippen molar-refractivity contribution in [2.75, 3.05) is 5.32 Å². The fourth-order valence-electron chi connectivity index (χ4n) is 2.28. The van der Waals surface area contributed by atoms with Crippen LogP contribution in [0.2, 0.25) is 0 Å². The van der Waals surface area contributed by atoms with E-state index in [1.807, 2.05) is 56.3 Å². The zero-order chi connectivity index (χ0) is 18.4. The lowest BCUT2D eigenvalue weighted by molar-refractivity contribution is -0.116. The molecule has 6 nitrogen and oxygen atoms in total. The second-order valence-corrected chi connectivity index (χ2v) is 6.19. The van der Waals surface area contributed by atoms with E-state index in [1.165, 1.54) is 0 Å². The van der Waals surface area contributed by atoms with Gasteiger partial charge in [-0.05, 0) is 36.4 Å². The van der Waals surface area contributed by atoms with E-state index < -0.39 is 0 Å². The number of amides is 1. The van der Waals surface area contributed by atoms with Crippen LogP contribution in [0.5, 0.6) is 11.5 Å². The summed E-state index contributed by atoms with van der Waals surface area (Å²) in [6, 6.07) is 16.8. The molecule has 1 aromatic heterocycles. The number of benzene rings is 2. The number of hydrogen-bond acceptors (Lipinski definition) is 5. The quantitative estimate of drug-likeness (QED) is 0.675. The predicted octanol–water partition coefficient (Wildman–Crippen LogP) is 4.56. The third kappa shape index (κ3) is 4.92. The van der Waals surface area contributed by atoms with E-state index in [2.05, 4.69) is 15.5 Å². The number of aromatic nitrogens is 2. The summed E-state index contributed by atoms with van der Waals surface area (Å²) >= 11 is 0. The zero-order valence-corrected chi connectivity index (χ0v) is 14.8. The molecule has 3 rings (SSSR count). The van der Waals surface area contributed by atoms with Crippen LogP contribution in [0, 0.1) is 0 Å². The van der Waals surface area contributed by atoms with Crippen molar-refractivity contribution in [3.05, 3.63) is 66.3 Å². The summed E-state index contributed by atoms with van der Waals surface area (Å²) in [7, 11) is 0. The van der Waals surface area contributed by atoms with Gasteiger partial charge in [0.1, 0.15) is 11.5 Å². The largest absolute Gasteiger partial charge is 0.457 e. The van der Waals surface area contributed by atoms with E-state index in [0.717, 1.165) is 5.75 Å². The molecule has 0 aliphatic heterocycles. The first-order valence-electron chi connectivity index (χ1n) is 8.55. The summed E-state index contributed by atoms with van der Waals surface area (Å²) in [5.41, 5.74) is 0.712. The highest BCUT2D eigenvalue weighted by Gasteiger charge is 2.11. The van der Waals surface area contributed by atoms with Gasteiger partial charge in [0.05, 0.1) is 0 Å². The first-order valence-corrected chi connectivity index (χ1v) is 8.55. The standard InChI is InChI=1S/C20H21N3O3/c1-14(2)20-22-19(26-23-20)13-12-18(24)21-15-8-10-17(11-9-15)25-16-6-4-3-5-7-16/h3-11,14H,12-13H2,1-2H3,(H,21,24). The monoisotopic (exact) mass is 351 g/mol. The van der Waals surface area contributed by atoms with Crippen molar-refractivity contribution >= 4 is 11.6 Å². The van der Waals surface area contributed by atoms with Gasteiger partial charge in [0, 0.05) is 24.4 Å². The molecule has 0 unspecified atom stereocenters. The molecule has 1 amide bonds. The Labute approximate surface area is 152 Å². The fourth-order valence-corrected chi connectivity index (χ4v) is 2.28. The van der Waals surface area contributed by atoms with Crippen LogP contribution in [-0.4, -0.2) is 16.0 Å². The number of carbonyl (C=O) groups is 1. The Morgan fingerprint density at radius 3 is 2.42 bits per heavy atom. The number of hydrogen-bond donors (Lipinski definition) is 1. The summed E-state index contributed by atoms with van der Waals surface area (Å²) in [5.74, 6) is 2.72. The van der Waals surface area contributed by atoms with E-state index in [1.54, 1.807) is 12.1 Å². The summed E-state index contributed by atoms with van der Waals surface area (Å²) in [6.07, 6.45) is 0.697. The molecule has 1 N–H and O–H groups in total. The van der Waals surface area contributed by atoms with E-state index in [-0.39, 0.29) is 18.2 Å². The fraction of sp³-hybridized carbons (Fsp3) is 0.250. The molecule has 0 spiro atoms. The predicted molar refractivity (Wildman–Crippen MR) is 98.3 cm³/mol. The molecule has 0 aliphatic carbocycles. The van der Waals surface area contributed by atoms with Crippen LogP contribution < -0.4 is 10.1 Å². The van der Waals surface area contributed by atoms with Crippen molar-refractivity contribution in [2.45, 2.75) is 32.6 Å². The molecule has 0 saturated heterocycles. The Morgan fingerprint density at radius 1 is 1.08 bits per heavy atom. The van der Waals surface area contributed by atoms with Gasteiger partial charge in [-0.2, -0.15) is 4.98 Å². The topological polar surface area (TPSA) is 77.2 Å². The summed E-state index contributed by atoms with van der Waals surface area (Å²) in [6.45, 7) is 3.99. The number of rotatable bonds is 7. The lowest BCUT2D eigenvalue weighted by Crippen LogP contribution is -2.12. The van der Waals surface area contributed by atoms with Gasteiger partial charge >= 0.3 is 0 Å². The molecule has 26 heavy (non-hydrogen) atoms. The SMILES string of the molecule is CC(C)c1noc(CCC(=O)Nc2ccc(Oc3ccccc3)cc2)n1. The van der Waals surface area contributed by atoms with Crippen LogP contribution in [-0.2, 0) is 11.2 Å². The van der Waals surface area contributed by atoms with E-state index in [4.69, 9.17) is 9.26 Å². The molecule has 0 atom stereocenters. The lowest BCUT2D eigenvalue weighted by Gasteiger charge is -2.07. The first-order chi connectivity index (χ1) is 12.6. The minimum Gasteiger partial charge on any atom is -0.457 e. The maximum Gasteiger partial charge on any atom is 0.227 e. The van der Waals surface area contributed by atoms with Gasteiger partial charge in [0.25, 0.3) is 0 Å². The van der Waals surface area contributed by atoms with Gasteiger partial charge in [0.2, 0.25) is 11.8 Å². The Balaban J connectivity index is 1.49. The highest BCUT2D eigenvalue weighted by molar-refractivity contribution is 5.90. The average Bonchev–Trinajstić information content (AvgIpc) is 3.12. The first kappa shape index (κ1) is 17.7. The molecular weight excluding hydrogens is 330 g/mol. The molecule has 2 aromatic carbocycles. The van der Waals surface area contributed by atoms with Crippen LogP contribution in [0.4, 0.5) is 5.69 Å². The number of anilines is 1. The molecule has 6 heteroatoms. The van der Waals surface area contributed by atoms with E-state index >= 15 is 0 Å². The third-order valence-corrected chi connectivity index (χ3v) is 3.68. The van der Waals surface area contributed by atoms with Crippen LogP contribution in [0.25, 0.3) is 0 Å². The Kier molecular flexibility index (Phi) is 5.63. The molecule has 0 aliphatic rings. The van der Waals surface area contributed by atoms with Gasteiger partial charge in [-0.15, -0.1) is 0 Å². The smallest absolute Gasteiger partial charge is 0.227 e. The Bertz CT molecular complexity index is 842. The van der Waals surface area contributed by atoms with E-state index in [9.17, 15) is 4.79 Å². The van der Waals surface area contributed by atoms with Crippen molar-refractivity contribution in [1.82, 2.24) is 10.1 Å². The second-order valence-electron chi connectivity index (χ2n) is 6.19. The third-order valence-electron chi connectivity index (χ3n) is 3.68. The van der Waals surface area contributed by atoms with Crippen molar-refractivity contribution in [3.8, 4) is 11.5 Å². The van der Waals surface area contributed by atoms with Crippen molar-refractivity contribution in [3.63, 3.8) is 0 Å². The van der Waals surface area contributed by atoms with Crippen LogP contribution >= 0.6 is 0 Å². The highest BCUT2D eigenvalue weighted by Crippen LogP contribution is 2.22. The molecule has 0 radical (unpaired) electrons. The van der Waals surface area contributed by atoms with Gasteiger partial charge in [-0.3, -0.25) is 4.79 Å². The summed E-state index contributed by atoms with van der Waals surface area (Å²) < 4.78 is 10.9. The normalized spacial score (nSPS) is 10.7. The van der Waals surface area contributed by atoms with Gasteiger partial charge < -0.3 is 14.6 Å². The van der Waals surface area contributed by atoms with Crippen molar-refractivity contribution < 1.29 is 14.1 Å². The maximum atomic E-state index is 12.1. The summed E-state index contributed by atoms with van der Waals surface area (Å²) in [5, 5.41) is 6.74. The molecule has 3 aromatic rings. The summed E-state index contributed by atoms with van der Waals surface area (Å²) in [4.78, 5) is 16.3. The maximum absolute atomic E-state index is 12.1. The van der Waals surface area contributed by atoms with Crippen LogP contribution in [0.1, 0.15) is 37.9 Å². The Hall–Kier alpha value is -3.15. The lowest BCUT2D eigenvalue weighted by atomic mass is 10.2. The molecule has 0 fully saturated rings. The van der Waals surface area contributed by atoms with Crippen molar-refractivity contribution in [1.29, 1.82) is 0 Å². The Morgan fingerprint density at radius 2 is 1.77 bits per heavy atom. The number of carbonyl (C=O) groups excluding carboxylic acids is 1. The number of ether oxygens (including phenoxy) is 1. The molecular formula is C20H21N3O3. The number of nitrogens with one attached hydrogen (secondary N) is 1. The minimum absolute atomic E-state index is 0.106. The minimum atomic E-state index is -0.106. The van der Waals surface area contributed by atoms with Crippen LogP contribution in [0.3, 0.4) is 0 Å². The van der Waals surface area contributed by atoms with E-state index in [0.29, 0.717) is 29.6 Å². The van der Waals surface area contributed by atoms with Crippen LogP contribution in [0.15, 0.2) is 59.1 Å². The number of para-hydroxylation sites is 1. The van der Waals surface area contributed by atoms with Gasteiger partial charge in [-0.25, -0.2) is 0 Å². The molecule has 0 bridgehead atoms. The number of aryl methyl sites for hydroxylation is 1. The molecule has 134 valence electrons. The highest BCUT2D eigenvalue weighted by atomic mass is 16.5. The second kappa shape index (κ2) is 8.29. The van der Waals surface area contributed by atoms with Crippen molar-refractivity contribution in [2.24, 2.45) is 0 Å². The molecule has 1 heterocycles.